The first-order valence-electron chi connectivity index (χ1n) is 8.25. The second-order valence-corrected chi connectivity index (χ2v) is 6.69. The van der Waals surface area contributed by atoms with Crippen LogP contribution in [0, 0.1) is 0 Å². The van der Waals surface area contributed by atoms with Crippen LogP contribution in [0.2, 0.25) is 0 Å². The first-order valence-corrected chi connectivity index (χ1v) is 9.04. The Morgan fingerprint density at radius 1 is 1.10 bits per heavy atom. The lowest BCUT2D eigenvalue weighted by Crippen LogP contribution is -2.22. The van der Waals surface area contributed by atoms with Gasteiger partial charge in [-0.05, 0) is 36.6 Å². The van der Waals surface area contributed by atoms with E-state index < -0.39 is 0 Å². The predicted molar refractivity (Wildman–Crippen MR) is 95.0 cm³/mol. The Morgan fingerprint density at radius 2 is 1.76 bits per heavy atom. The summed E-state index contributed by atoms with van der Waals surface area (Å²) in [4.78, 5) is 0. The molecule has 0 heterocycles. The number of methoxy groups -OCH3 is 1. The fourth-order valence-electron chi connectivity index (χ4n) is 2.58. The van der Waals surface area contributed by atoms with Gasteiger partial charge in [-0.1, -0.05) is 67.8 Å². The number of nitrogens with two attached hydrogens (primary N) is 1. The van der Waals surface area contributed by atoms with Crippen LogP contribution >= 0.6 is 15.9 Å². The quantitative estimate of drug-likeness (QED) is 0.534. The van der Waals surface area contributed by atoms with E-state index in [4.69, 9.17) is 10.5 Å². The topological polar surface area (TPSA) is 35.2 Å². The summed E-state index contributed by atoms with van der Waals surface area (Å²) in [7, 11) is 1.70. The molecule has 0 radical (unpaired) electrons. The number of unbranched alkanes of at least 4 members (excludes halogenated alkanes) is 6. The minimum absolute atomic E-state index is 0.240. The highest BCUT2D eigenvalue weighted by Crippen LogP contribution is 2.24. The maximum absolute atomic E-state index is 6.27. The monoisotopic (exact) mass is 355 g/mol. The summed E-state index contributed by atoms with van der Waals surface area (Å²) in [6.07, 6.45) is 11.4. The van der Waals surface area contributed by atoms with E-state index in [0.29, 0.717) is 0 Å². The summed E-state index contributed by atoms with van der Waals surface area (Å²) < 4.78 is 6.40. The molecule has 0 aromatic heterocycles. The molecule has 0 saturated carbocycles. The molecule has 120 valence electrons. The molecule has 0 bridgehead atoms. The molecule has 21 heavy (non-hydrogen) atoms. The number of halogens is 1. The van der Waals surface area contributed by atoms with Gasteiger partial charge in [0.05, 0.1) is 7.11 Å². The zero-order valence-corrected chi connectivity index (χ0v) is 15.1. The average Bonchev–Trinajstić information content (AvgIpc) is 2.48. The maximum Gasteiger partial charge on any atom is 0.119 e. The van der Waals surface area contributed by atoms with Gasteiger partial charge in [0.1, 0.15) is 5.75 Å². The lowest BCUT2D eigenvalue weighted by atomic mass is 10.00. The van der Waals surface area contributed by atoms with E-state index >= 15 is 0 Å². The van der Waals surface area contributed by atoms with Crippen LogP contribution in [0.5, 0.6) is 5.75 Å². The van der Waals surface area contributed by atoms with Crippen LogP contribution in [0.1, 0.15) is 63.9 Å². The largest absolute Gasteiger partial charge is 0.497 e. The summed E-state index contributed by atoms with van der Waals surface area (Å²) in [5.74, 6) is 0.899. The van der Waals surface area contributed by atoms with Crippen molar-refractivity contribution in [1.82, 2.24) is 0 Å². The molecule has 0 fully saturated rings. The molecule has 1 atom stereocenters. The van der Waals surface area contributed by atoms with E-state index in [1.807, 2.05) is 12.1 Å². The molecule has 2 N–H and O–H groups in total. The number of rotatable bonds is 11. The summed E-state index contributed by atoms with van der Waals surface area (Å²) in [5.41, 5.74) is 7.51. The molecule has 1 aromatic carbocycles. The van der Waals surface area contributed by atoms with Gasteiger partial charge in [0.2, 0.25) is 0 Å². The number of ether oxygens (including phenoxy) is 1. The third kappa shape index (κ3) is 7.87. The average molecular weight is 356 g/mol. The SMILES string of the molecule is CCCCCCCCCC(N)Cc1cc(OC)ccc1Br. The molecule has 1 unspecified atom stereocenters. The molecule has 0 amide bonds. The molecule has 0 aliphatic rings. The van der Waals surface area contributed by atoms with Gasteiger partial charge in [0, 0.05) is 10.5 Å². The fraction of sp³-hybridized carbons (Fsp3) is 0.667. The van der Waals surface area contributed by atoms with E-state index in [2.05, 4.69) is 28.9 Å². The smallest absolute Gasteiger partial charge is 0.119 e. The second kappa shape index (κ2) is 11.1. The van der Waals surface area contributed by atoms with Gasteiger partial charge in [-0.15, -0.1) is 0 Å². The highest BCUT2D eigenvalue weighted by atomic mass is 79.9. The predicted octanol–water partition coefficient (Wildman–Crippen LogP) is 5.47. The van der Waals surface area contributed by atoms with Gasteiger partial charge < -0.3 is 10.5 Å². The zero-order chi connectivity index (χ0) is 15.5. The van der Waals surface area contributed by atoms with Crippen molar-refractivity contribution in [3.63, 3.8) is 0 Å². The van der Waals surface area contributed by atoms with E-state index in [-0.39, 0.29) is 6.04 Å². The fourth-order valence-corrected chi connectivity index (χ4v) is 2.99. The normalized spacial score (nSPS) is 12.4. The minimum Gasteiger partial charge on any atom is -0.497 e. The Hall–Kier alpha value is -0.540. The molecular formula is C18H30BrNO. The Balaban J connectivity index is 2.23. The lowest BCUT2D eigenvalue weighted by Gasteiger charge is -2.14. The van der Waals surface area contributed by atoms with Crippen LogP contribution in [0.15, 0.2) is 22.7 Å². The number of hydrogen-bond acceptors (Lipinski definition) is 2. The van der Waals surface area contributed by atoms with Crippen molar-refractivity contribution in [2.75, 3.05) is 7.11 Å². The molecule has 1 aromatic rings. The van der Waals surface area contributed by atoms with Gasteiger partial charge in [-0.3, -0.25) is 0 Å². The van der Waals surface area contributed by atoms with E-state index in [1.165, 1.54) is 50.5 Å². The molecule has 3 heteroatoms. The van der Waals surface area contributed by atoms with Gasteiger partial charge in [0.15, 0.2) is 0 Å². The number of hydrogen-bond donors (Lipinski definition) is 1. The van der Waals surface area contributed by atoms with Crippen LogP contribution in [0.25, 0.3) is 0 Å². The molecule has 0 aliphatic heterocycles. The third-order valence-electron chi connectivity index (χ3n) is 3.91. The van der Waals surface area contributed by atoms with E-state index in [0.717, 1.165) is 23.1 Å². The zero-order valence-electron chi connectivity index (χ0n) is 13.5. The summed E-state index contributed by atoms with van der Waals surface area (Å²) in [6, 6.07) is 6.32. The highest BCUT2D eigenvalue weighted by Gasteiger charge is 2.08. The first kappa shape index (κ1) is 18.5. The van der Waals surface area contributed by atoms with Crippen molar-refractivity contribution in [2.45, 2.75) is 70.8 Å². The van der Waals surface area contributed by atoms with Crippen LogP contribution in [-0.2, 0) is 6.42 Å². The van der Waals surface area contributed by atoms with Crippen molar-refractivity contribution < 1.29 is 4.74 Å². The molecule has 2 nitrogen and oxygen atoms in total. The third-order valence-corrected chi connectivity index (χ3v) is 4.69. The Morgan fingerprint density at radius 3 is 2.43 bits per heavy atom. The molecule has 0 aliphatic carbocycles. The van der Waals surface area contributed by atoms with Crippen LogP contribution in [0.4, 0.5) is 0 Å². The first-order chi connectivity index (χ1) is 10.2. The van der Waals surface area contributed by atoms with Crippen LogP contribution < -0.4 is 10.5 Å². The van der Waals surface area contributed by atoms with Crippen LogP contribution in [-0.4, -0.2) is 13.2 Å². The Labute approximate surface area is 138 Å². The highest BCUT2D eigenvalue weighted by molar-refractivity contribution is 9.10. The minimum atomic E-state index is 0.240. The van der Waals surface area contributed by atoms with E-state index in [9.17, 15) is 0 Å². The lowest BCUT2D eigenvalue weighted by molar-refractivity contribution is 0.414. The molecule has 0 spiro atoms. The van der Waals surface area contributed by atoms with Gasteiger partial charge in [-0.25, -0.2) is 0 Å². The standard InChI is InChI=1S/C18H30BrNO/c1-3-4-5-6-7-8-9-10-16(20)13-15-14-17(21-2)11-12-18(15)19/h11-12,14,16H,3-10,13,20H2,1-2H3. The van der Waals surface area contributed by atoms with Crippen LogP contribution in [0.3, 0.4) is 0 Å². The Bertz CT molecular complexity index is 395. The molecule has 0 saturated heterocycles. The van der Waals surface area contributed by atoms with Crippen molar-refractivity contribution >= 4 is 15.9 Å². The summed E-state index contributed by atoms with van der Waals surface area (Å²) in [6.45, 7) is 2.26. The summed E-state index contributed by atoms with van der Waals surface area (Å²) in [5, 5.41) is 0. The second-order valence-electron chi connectivity index (χ2n) is 5.83. The summed E-state index contributed by atoms with van der Waals surface area (Å²) >= 11 is 3.59. The number of benzene rings is 1. The van der Waals surface area contributed by atoms with E-state index in [1.54, 1.807) is 7.11 Å². The van der Waals surface area contributed by atoms with Crippen molar-refractivity contribution in [3.8, 4) is 5.75 Å². The maximum atomic E-state index is 6.27. The molecule has 1 rings (SSSR count). The van der Waals surface area contributed by atoms with Gasteiger partial charge in [-0.2, -0.15) is 0 Å². The van der Waals surface area contributed by atoms with Crippen molar-refractivity contribution in [3.05, 3.63) is 28.2 Å². The van der Waals surface area contributed by atoms with Gasteiger partial charge >= 0.3 is 0 Å². The van der Waals surface area contributed by atoms with Crippen molar-refractivity contribution in [1.29, 1.82) is 0 Å². The molecular weight excluding hydrogens is 326 g/mol. The van der Waals surface area contributed by atoms with Gasteiger partial charge in [0.25, 0.3) is 0 Å². The van der Waals surface area contributed by atoms with Crippen molar-refractivity contribution in [2.24, 2.45) is 5.73 Å². The Kier molecular flexibility index (Phi) is 9.77.